The molecule has 0 bridgehead atoms. The number of amides is 2. The number of hydrogen-bond acceptors (Lipinski definition) is 3. The van der Waals surface area contributed by atoms with Crippen molar-refractivity contribution in [2.45, 2.75) is 33.3 Å². The minimum Gasteiger partial charge on any atom is -0.391 e. The van der Waals surface area contributed by atoms with Gasteiger partial charge in [0.2, 0.25) is 11.8 Å². The minimum absolute atomic E-state index is 0.0624. The monoisotopic (exact) mass is 276 g/mol. The fourth-order valence-electron chi connectivity index (χ4n) is 2.19. The quantitative estimate of drug-likeness (QED) is 0.882. The number of aliphatic hydroxyl groups excluding tert-OH is 1. The Balaban J connectivity index is 2.25. The third kappa shape index (κ3) is 2.99. The van der Waals surface area contributed by atoms with E-state index < -0.39 is 6.10 Å². The number of hydrogen-bond donors (Lipinski definition) is 2. The van der Waals surface area contributed by atoms with E-state index in [0.29, 0.717) is 12.2 Å². The van der Waals surface area contributed by atoms with E-state index in [4.69, 9.17) is 0 Å². The molecule has 2 rings (SSSR count). The Morgan fingerprint density at radius 1 is 1.45 bits per heavy atom. The number of rotatable bonds is 3. The summed E-state index contributed by atoms with van der Waals surface area (Å²) in [6.45, 7) is 5.86. The SMILES string of the molecule is Cc1ccc(NC(=O)C(C)C)cc1N1CC(O)CC1=O. The molecule has 1 fully saturated rings. The van der Waals surface area contributed by atoms with E-state index >= 15 is 0 Å². The van der Waals surface area contributed by atoms with Gasteiger partial charge in [-0.3, -0.25) is 9.59 Å². The van der Waals surface area contributed by atoms with E-state index in [9.17, 15) is 14.7 Å². The Morgan fingerprint density at radius 2 is 2.15 bits per heavy atom. The smallest absolute Gasteiger partial charge is 0.229 e. The lowest BCUT2D eigenvalue weighted by Gasteiger charge is -2.20. The number of aliphatic hydroxyl groups is 1. The molecule has 1 aromatic carbocycles. The molecule has 0 saturated carbocycles. The maximum Gasteiger partial charge on any atom is 0.229 e. The summed E-state index contributed by atoms with van der Waals surface area (Å²) >= 11 is 0. The van der Waals surface area contributed by atoms with Gasteiger partial charge in [-0.25, -0.2) is 0 Å². The van der Waals surface area contributed by atoms with E-state index in [2.05, 4.69) is 5.32 Å². The third-order valence-corrected chi connectivity index (χ3v) is 3.40. The zero-order valence-corrected chi connectivity index (χ0v) is 12.0. The van der Waals surface area contributed by atoms with Gasteiger partial charge in [0.1, 0.15) is 0 Å². The van der Waals surface area contributed by atoms with Crippen molar-refractivity contribution in [3.8, 4) is 0 Å². The molecule has 2 amide bonds. The van der Waals surface area contributed by atoms with Crippen LogP contribution in [0.2, 0.25) is 0 Å². The van der Waals surface area contributed by atoms with E-state index in [0.717, 1.165) is 11.3 Å². The normalized spacial score (nSPS) is 18.8. The number of nitrogens with zero attached hydrogens (tertiary/aromatic N) is 1. The van der Waals surface area contributed by atoms with Crippen molar-refractivity contribution in [3.63, 3.8) is 0 Å². The predicted molar refractivity (Wildman–Crippen MR) is 77.6 cm³/mol. The molecule has 2 N–H and O–H groups in total. The summed E-state index contributed by atoms with van der Waals surface area (Å²) in [5.74, 6) is -0.254. The van der Waals surface area contributed by atoms with Crippen molar-refractivity contribution in [2.75, 3.05) is 16.8 Å². The second-order valence-corrected chi connectivity index (χ2v) is 5.51. The van der Waals surface area contributed by atoms with E-state index in [-0.39, 0.29) is 24.2 Å². The molecule has 0 spiro atoms. The Morgan fingerprint density at radius 3 is 2.70 bits per heavy atom. The number of anilines is 2. The van der Waals surface area contributed by atoms with Gasteiger partial charge in [-0.05, 0) is 24.6 Å². The van der Waals surface area contributed by atoms with Gasteiger partial charge >= 0.3 is 0 Å². The van der Waals surface area contributed by atoms with Gasteiger partial charge in [0.05, 0.1) is 19.1 Å². The molecular formula is C15H20N2O3. The summed E-state index contributed by atoms with van der Waals surface area (Å²) in [6, 6.07) is 5.46. The minimum atomic E-state index is -0.615. The first-order valence-electron chi connectivity index (χ1n) is 6.78. The molecule has 1 aliphatic heterocycles. The van der Waals surface area contributed by atoms with Gasteiger partial charge in [-0.2, -0.15) is 0 Å². The lowest BCUT2D eigenvalue weighted by Crippen LogP contribution is -2.26. The average Bonchev–Trinajstić information content (AvgIpc) is 2.70. The fraction of sp³-hybridized carbons (Fsp3) is 0.467. The molecule has 0 aromatic heterocycles. The van der Waals surface area contributed by atoms with Gasteiger partial charge in [-0.1, -0.05) is 19.9 Å². The van der Waals surface area contributed by atoms with Crippen LogP contribution in [0.1, 0.15) is 25.8 Å². The standard InChI is InChI=1S/C15H20N2O3/c1-9(2)15(20)16-11-5-4-10(3)13(6-11)17-8-12(18)7-14(17)19/h4-6,9,12,18H,7-8H2,1-3H3,(H,16,20). The zero-order valence-electron chi connectivity index (χ0n) is 12.0. The highest BCUT2D eigenvalue weighted by atomic mass is 16.3. The first-order valence-corrected chi connectivity index (χ1v) is 6.78. The Kier molecular flexibility index (Phi) is 4.09. The van der Waals surface area contributed by atoms with Crippen LogP contribution in [0, 0.1) is 12.8 Å². The van der Waals surface area contributed by atoms with Crippen LogP contribution in [-0.2, 0) is 9.59 Å². The first-order chi connectivity index (χ1) is 9.38. The molecular weight excluding hydrogens is 256 g/mol. The highest BCUT2D eigenvalue weighted by Crippen LogP contribution is 2.28. The third-order valence-electron chi connectivity index (χ3n) is 3.40. The Labute approximate surface area is 118 Å². The first kappa shape index (κ1) is 14.5. The highest BCUT2D eigenvalue weighted by Gasteiger charge is 2.30. The summed E-state index contributed by atoms with van der Waals surface area (Å²) in [6.07, 6.45) is -0.460. The largest absolute Gasteiger partial charge is 0.391 e. The summed E-state index contributed by atoms with van der Waals surface area (Å²) in [5.41, 5.74) is 2.35. The van der Waals surface area contributed by atoms with Crippen LogP contribution in [-0.4, -0.2) is 29.6 Å². The highest BCUT2D eigenvalue weighted by molar-refractivity contribution is 5.98. The molecule has 1 aromatic rings. The summed E-state index contributed by atoms with van der Waals surface area (Å²) in [4.78, 5) is 25.1. The number of β-amino-alcohol motifs (C(OH)–C–C–N with tert-alkyl or cyclic N) is 1. The van der Waals surface area contributed by atoms with Crippen molar-refractivity contribution in [1.82, 2.24) is 0 Å². The maximum atomic E-state index is 11.9. The predicted octanol–water partition coefficient (Wildman–Crippen LogP) is 1.69. The van der Waals surface area contributed by atoms with E-state index in [1.807, 2.05) is 32.9 Å². The molecule has 20 heavy (non-hydrogen) atoms. The van der Waals surface area contributed by atoms with Gasteiger partial charge in [0, 0.05) is 17.3 Å². The molecule has 1 heterocycles. The van der Waals surface area contributed by atoms with Crippen molar-refractivity contribution >= 4 is 23.2 Å². The van der Waals surface area contributed by atoms with Gasteiger partial charge in [0.15, 0.2) is 0 Å². The lowest BCUT2D eigenvalue weighted by atomic mass is 10.1. The van der Waals surface area contributed by atoms with Crippen LogP contribution in [0.3, 0.4) is 0 Å². The summed E-state index contributed by atoms with van der Waals surface area (Å²) in [7, 11) is 0. The van der Waals surface area contributed by atoms with Crippen molar-refractivity contribution in [3.05, 3.63) is 23.8 Å². The topological polar surface area (TPSA) is 69.6 Å². The van der Waals surface area contributed by atoms with E-state index in [1.165, 1.54) is 0 Å². The zero-order chi connectivity index (χ0) is 14.9. The number of nitrogens with one attached hydrogen (secondary N) is 1. The summed E-state index contributed by atoms with van der Waals surface area (Å²) < 4.78 is 0. The number of carbonyl (C=O) groups excluding carboxylic acids is 2. The Bertz CT molecular complexity index is 540. The fourth-order valence-corrected chi connectivity index (χ4v) is 2.19. The van der Waals surface area contributed by atoms with Crippen LogP contribution in [0.5, 0.6) is 0 Å². The molecule has 5 heteroatoms. The lowest BCUT2D eigenvalue weighted by molar-refractivity contribution is -0.119. The van der Waals surface area contributed by atoms with Crippen molar-refractivity contribution in [2.24, 2.45) is 5.92 Å². The maximum absolute atomic E-state index is 11.9. The average molecular weight is 276 g/mol. The number of benzene rings is 1. The molecule has 0 aliphatic carbocycles. The molecule has 5 nitrogen and oxygen atoms in total. The molecule has 1 atom stereocenters. The second kappa shape index (κ2) is 5.63. The van der Waals surface area contributed by atoms with Crippen LogP contribution in [0.4, 0.5) is 11.4 Å². The number of carbonyl (C=O) groups is 2. The van der Waals surface area contributed by atoms with Crippen LogP contribution in [0.25, 0.3) is 0 Å². The van der Waals surface area contributed by atoms with Gasteiger partial charge in [0.25, 0.3) is 0 Å². The van der Waals surface area contributed by atoms with E-state index in [1.54, 1.807) is 11.0 Å². The van der Waals surface area contributed by atoms with Crippen molar-refractivity contribution < 1.29 is 14.7 Å². The van der Waals surface area contributed by atoms with Crippen LogP contribution < -0.4 is 10.2 Å². The molecule has 1 saturated heterocycles. The number of aryl methyl sites for hydroxylation is 1. The van der Waals surface area contributed by atoms with Crippen LogP contribution >= 0.6 is 0 Å². The molecule has 1 aliphatic rings. The van der Waals surface area contributed by atoms with Gasteiger partial charge in [-0.15, -0.1) is 0 Å². The Hall–Kier alpha value is -1.88. The molecule has 108 valence electrons. The molecule has 0 radical (unpaired) electrons. The molecule has 1 unspecified atom stereocenters. The van der Waals surface area contributed by atoms with Crippen molar-refractivity contribution in [1.29, 1.82) is 0 Å². The summed E-state index contributed by atoms with van der Waals surface area (Å²) in [5, 5.41) is 12.4. The second-order valence-electron chi connectivity index (χ2n) is 5.51. The van der Waals surface area contributed by atoms with Crippen LogP contribution in [0.15, 0.2) is 18.2 Å². The van der Waals surface area contributed by atoms with Gasteiger partial charge < -0.3 is 15.3 Å².